The van der Waals surface area contributed by atoms with Gasteiger partial charge < -0.3 is 9.47 Å². The summed E-state index contributed by atoms with van der Waals surface area (Å²) in [6.45, 7) is 1.58. The first kappa shape index (κ1) is 11.1. The summed E-state index contributed by atoms with van der Waals surface area (Å²) in [5.74, 6) is -0.521. The van der Waals surface area contributed by atoms with Crippen LogP contribution in [0.2, 0.25) is 0 Å². The number of Topliss-reactive ketones (excluding diaryl/α,β-unsaturated/α-hetero) is 1. The van der Waals surface area contributed by atoms with Crippen molar-refractivity contribution in [2.24, 2.45) is 0 Å². The van der Waals surface area contributed by atoms with Gasteiger partial charge in [0.15, 0.2) is 5.79 Å². The molecule has 78 valence electrons. The predicted molar refractivity (Wildman–Crippen MR) is 53.9 cm³/mol. The third-order valence-electron chi connectivity index (χ3n) is 2.32. The molecule has 0 aromatic heterocycles. The summed E-state index contributed by atoms with van der Waals surface area (Å²) in [7, 11) is 3.20. The molecular weight excluding hydrogens is 180 g/mol. The number of ether oxygens (including phenoxy) is 2. The van der Waals surface area contributed by atoms with Crippen molar-refractivity contribution in [2.45, 2.75) is 25.6 Å². The number of allylic oxidation sites excluding steroid dienone is 2. The third kappa shape index (κ3) is 2.53. The van der Waals surface area contributed by atoms with Crippen molar-refractivity contribution in [1.82, 2.24) is 0 Å². The summed E-state index contributed by atoms with van der Waals surface area (Å²) in [5, 5.41) is 0. The number of hydrogen-bond donors (Lipinski definition) is 0. The minimum absolute atomic E-state index is 0.160. The first-order valence-electron chi connectivity index (χ1n) is 4.59. The lowest BCUT2D eigenvalue weighted by Crippen LogP contribution is -2.33. The van der Waals surface area contributed by atoms with Crippen molar-refractivity contribution in [1.29, 1.82) is 0 Å². The Morgan fingerprint density at radius 3 is 2.64 bits per heavy atom. The largest absolute Gasteiger partial charge is 0.349 e. The molecule has 0 spiro atoms. The van der Waals surface area contributed by atoms with Gasteiger partial charge in [0.25, 0.3) is 0 Å². The standard InChI is InChI=1S/C11H16O3/c1-9(12)7-10-5-4-6-11(8-10,13-2)14-3/h4-6H,7-8H2,1-3H3. The van der Waals surface area contributed by atoms with Gasteiger partial charge in [-0.25, -0.2) is 0 Å². The number of carbonyl (C=O) groups is 1. The predicted octanol–water partition coefficient (Wildman–Crippen LogP) is 1.84. The monoisotopic (exact) mass is 196 g/mol. The number of carbonyl (C=O) groups excluding carboxylic acids is 1. The van der Waals surface area contributed by atoms with Crippen LogP contribution in [0.25, 0.3) is 0 Å². The van der Waals surface area contributed by atoms with E-state index >= 15 is 0 Å². The molecule has 1 rings (SSSR count). The first-order chi connectivity index (χ1) is 6.62. The quantitative estimate of drug-likeness (QED) is 0.643. The van der Waals surface area contributed by atoms with Gasteiger partial charge in [-0.15, -0.1) is 0 Å². The Balaban J connectivity index is 2.71. The minimum atomic E-state index is -0.681. The molecule has 0 fully saturated rings. The van der Waals surface area contributed by atoms with Gasteiger partial charge in [-0.1, -0.05) is 17.7 Å². The van der Waals surface area contributed by atoms with E-state index in [0.29, 0.717) is 12.8 Å². The van der Waals surface area contributed by atoms with Crippen LogP contribution in [0.3, 0.4) is 0 Å². The van der Waals surface area contributed by atoms with Crippen molar-refractivity contribution in [3.63, 3.8) is 0 Å². The lowest BCUT2D eigenvalue weighted by molar-refractivity contribution is -0.169. The molecule has 0 aromatic rings. The van der Waals surface area contributed by atoms with E-state index in [1.165, 1.54) is 0 Å². The zero-order valence-electron chi connectivity index (χ0n) is 8.87. The van der Waals surface area contributed by atoms with Gasteiger partial charge in [-0.2, -0.15) is 0 Å². The maximum absolute atomic E-state index is 11.0. The van der Waals surface area contributed by atoms with E-state index in [9.17, 15) is 4.79 Å². The first-order valence-corrected chi connectivity index (χ1v) is 4.59. The highest BCUT2D eigenvalue weighted by molar-refractivity contribution is 5.78. The van der Waals surface area contributed by atoms with Crippen LogP contribution in [0.5, 0.6) is 0 Å². The van der Waals surface area contributed by atoms with Gasteiger partial charge in [0.1, 0.15) is 5.78 Å². The fourth-order valence-corrected chi connectivity index (χ4v) is 1.57. The molecule has 0 unspecified atom stereocenters. The summed E-state index contributed by atoms with van der Waals surface area (Å²) >= 11 is 0. The van der Waals surface area contributed by atoms with Crippen LogP contribution in [0, 0.1) is 0 Å². The molecule has 14 heavy (non-hydrogen) atoms. The molecule has 0 aliphatic heterocycles. The Morgan fingerprint density at radius 1 is 1.50 bits per heavy atom. The average molecular weight is 196 g/mol. The SMILES string of the molecule is COC1(OC)C=CC=C(CC(C)=O)C1. The van der Waals surface area contributed by atoms with Crippen molar-refractivity contribution in [3.05, 3.63) is 23.8 Å². The summed E-state index contributed by atoms with van der Waals surface area (Å²) in [5.41, 5.74) is 1.05. The lowest BCUT2D eigenvalue weighted by Gasteiger charge is -2.30. The van der Waals surface area contributed by atoms with E-state index in [-0.39, 0.29) is 5.78 Å². The van der Waals surface area contributed by atoms with Crippen molar-refractivity contribution >= 4 is 5.78 Å². The molecule has 0 saturated carbocycles. The molecule has 0 heterocycles. The minimum Gasteiger partial charge on any atom is -0.349 e. The van der Waals surface area contributed by atoms with Gasteiger partial charge >= 0.3 is 0 Å². The molecule has 0 radical (unpaired) electrons. The molecule has 0 saturated heterocycles. The molecule has 0 atom stereocenters. The van der Waals surface area contributed by atoms with E-state index in [1.807, 2.05) is 18.2 Å². The highest BCUT2D eigenvalue weighted by Crippen LogP contribution is 2.28. The van der Waals surface area contributed by atoms with Crippen molar-refractivity contribution in [3.8, 4) is 0 Å². The number of methoxy groups -OCH3 is 2. The molecule has 1 aliphatic rings. The Hall–Kier alpha value is -0.930. The Kier molecular flexibility index (Phi) is 3.61. The molecule has 0 N–H and O–H groups in total. The second-order valence-corrected chi connectivity index (χ2v) is 3.46. The summed E-state index contributed by atoms with van der Waals surface area (Å²) in [6.07, 6.45) is 6.76. The molecular formula is C11H16O3. The zero-order valence-corrected chi connectivity index (χ0v) is 8.87. The van der Waals surface area contributed by atoms with E-state index in [2.05, 4.69) is 0 Å². The van der Waals surface area contributed by atoms with E-state index in [0.717, 1.165) is 5.57 Å². The number of ketones is 1. The summed E-state index contributed by atoms with van der Waals surface area (Å²) < 4.78 is 10.6. The average Bonchev–Trinajstić information content (AvgIpc) is 2.17. The Bertz CT molecular complexity index is 272. The third-order valence-corrected chi connectivity index (χ3v) is 2.32. The van der Waals surface area contributed by atoms with Crippen molar-refractivity contribution in [2.75, 3.05) is 14.2 Å². The fourth-order valence-electron chi connectivity index (χ4n) is 1.57. The molecule has 1 aliphatic carbocycles. The van der Waals surface area contributed by atoms with Gasteiger partial charge in [0, 0.05) is 27.1 Å². The van der Waals surface area contributed by atoms with Gasteiger partial charge in [0.05, 0.1) is 0 Å². The second-order valence-electron chi connectivity index (χ2n) is 3.46. The van der Waals surface area contributed by atoms with Gasteiger partial charge in [-0.05, 0) is 13.0 Å². The maximum atomic E-state index is 11.0. The lowest BCUT2D eigenvalue weighted by atomic mass is 9.95. The summed E-state index contributed by atoms with van der Waals surface area (Å²) in [4.78, 5) is 11.0. The maximum Gasteiger partial charge on any atom is 0.191 e. The van der Waals surface area contributed by atoms with Crippen LogP contribution >= 0.6 is 0 Å². The van der Waals surface area contributed by atoms with Crippen LogP contribution in [0.1, 0.15) is 19.8 Å². The summed E-state index contributed by atoms with van der Waals surface area (Å²) in [6, 6.07) is 0. The smallest absolute Gasteiger partial charge is 0.191 e. The highest BCUT2D eigenvalue weighted by Gasteiger charge is 2.29. The van der Waals surface area contributed by atoms with E-state index in [1.54, 1.807) is 21.1 Å². The van der Waals surface area contributed by atoms with Crippen LogP contribution in [0.15, 0.2) is 23.8 Å². The topological polar surface area (TPSA) is 35.5 Å². The molecule has 3 heteroatoms. The Morgan fingerprint density at radius 2 is 2.14 bits per heavy atom. The second kappa shape index (κ2) is 4.53. The fraction of sp³-hybridized carbons (Fsp3) is 0.545. The number of hydrogen-bond acceptors (Lipinski definition) is 3. The van der Waals surface area contributed by atoms with Gasteiger partial charge in [-0.3, -0.25) is 4.79 Å². The van der Waals surface area contributed by atoms with E-state index in [4.69, 9.17) is 9.47 Å². The number of rotatable bonds is 4. The van der Waals surface area contributed by atoms with Gasteiger partial charge in [0.2, 0.25) is 0 Å². The van der Waals surface area contributed by atoms with E-state index < -0.39 is 5.79 Å². The molecule has 0 amide bonds. The van der Waals surface area contributed by atoms with Crippen LogP contribution in [0.4, 0.5) is 0 Å². The molecule has 3 nitrogen and oxygen atoms in total. The van der Waals surface area contributed by atoms with Crippen LogP contribution in [-0.4, -0.2) is 25.8 Å². The van der Waals surface area contributed by atoms with Crippen LogP contribution < -0.4 is 0 Å². The zero-order chi connectivity index (χ0) is 10.6. The molecule has 0 aromatic carbocycles. The van der Waals surface area contributed by atoms with Crippen LogP contribution in [-0.2, 0) is 14.3 Å². The molecule has 0 bridgehead atoms. The van der Waals surface area contributed by atoms with Crippen molar-refractivity contribution < 1.29 is 14.3 Å². The normalized spacial score (nSPS) is 19.2. The Labute approximate surface area is 84.4 Å². The highest BCUT2D eigenvalue weighted by atomic mass is 16.7.